The van der Waals surface area contributed by atoms with Crippen LogP contribution in [0.15, 0.2) is 47.6 Å². The molecule has 128 valence electrons. The minimum absolute atomic E-state index is 0.0523. The van der Waals surface area contributed by atoms with Crippen LogP contribution in [-0.2, 0) is 0 Å². The average Bonchev–Trinajstić information content (AvgIpc) is 2.50. The molecule has 0 bridgehead atoms. The monoisotopic (exact) mass is 344 g/mol. The quantitative estimate of drug-likeness (QED) is 0.631. The van der Waals surface area contributed by atoms with Crippen LogP contribution in [0.2, 0.25) is 5.02 Å². The van der Waals surface area contributed by atoms with Crippen molar-refractivity contribution in [3.05, 3.63) is 63.7 Å². The van der Waals surface area contributed by atoms with E-state index in [1.807, 2.05) is 19.1 Å². The van der Waals surface area contributed by atoms with E-state index < -0.39 is 5.97 Å². The van der Waals surface area contributed by atoms with Gasteiger partial charge in [-0.15, -0.1) is 0 Å². The molecule has 0 amide bonds. The van der Waals surface area contributed by atoms with Crippen molar-refractivity contribution in [2.75, 3.05) is 0 Å². The fourth-order valence-corrected chi connectivity index (χ4v) is 3.95. The lowest BCUT2D eigenvalue weighted by Crippen LogP contribution is -2.22. The van der Waals surface area contributed by atoms with Gasteiger partial charge in [0.25, 0.3) is 0 Å². The Bertz CT molecular complexity index is 751. The highest BCUT2D eigenvalue weighted by Crippen LogP contribution is 2.48. The smallest absolute Gasteiger partial charge is 0.335 e. The molecule has 1 aliphatic carbocycles. The van der Waals surface area contributed by atoms with Gasteiger partial charge in [0.2, 0.25) is 0 Å². The van der Waals surface area contributed by atoms with Crippen molar-refractivity contribution in [3.8, 4) is 0 Å². The molecule has 1 aliphatic rings. The Morgan fingerprint density at radius 1 is 1.38 bits per heavy atom. The van der Waals surface area contributed by atoms with Crippen LogP contribution in [-0.4, -0.2) is 11.1 Å². The third-order valence-corrected chi connectivity index (χ3v) is 5.21. The summed E-state index contributed by atoms with van der Waals surface area (Å²) in [5.41, 5.74) is 5.98. The van der Waals surface area contributed by atoms with Crippen molar-refractivity contribution in [2.45, 2.75) is 47.0 Å². The number of benzene rings is 1. The maximum atomic E-state index is 11.2. The van der Waals surface area contributed by atoms with Crippen LogP contribution >= 0.6 is 11.6 Å². The highest BCUT2D eigenvalue weighted by atomic mass is 35.5. The van der Waals surface area contributed by atoms with Gasteiger partial charge in [0.1, 0.15) is 0 Å². The second-order valence-electron chi connectivity index (χ2n) is 7.15. The lowest BCUT2D eigenvalue weighted by Gasteiger charge is -2.37. The summed E-state index contributed by atoms with van der Waals surface area (Å²) >= 11 is 6.47. The fourth-order valence-electron chi connectivity index (χ4n) is 3.67. The normalized spacial score (nSPS) is 18.2. The molecular weight excluding hydrogens is 320 g/mol. The van der Waals surface area contributed by atoms with Crippen molar-refractivity contribution < 1.29 is 9.90 Å². The molecular formula is C21H25ClO2. The molecule has 2 rings (SSSR count). The zero-order valence-electron chi connectivity index (χ0n) is 14.9. The first-order valence-corrected chi connectivity index (χ1v) is 8.64. The Labute approximate surface area is 149 Å². The standard InChI is InChI=1S/C21H25ClO2/c1-6-13(2)18(19-14(3)8-7-11-21(19,4)5)16-10-9-15(20(23)24)12-17(16)22/h6,9-10,12H,1,7-8,11H2,2-5H3,(H,23,24)/b18-13-. The molecule has 0 heterocycles. The minimum Gasteiger partial charge on any atom is -0.478 e. The molecule has 1 aromatic rings. The highest BCUT2D eigenvalue weighted by molar-refractivity contribution is 6.33. The van der Waals surface area contributed by atoms with Crippen LogP contribution in [0.25, 0.3) is 5.57 Å². The van der Waals surface area contributed by atoms with Gasteiger partial charge in [0, 0.05) is 10.6 Å². The van der Waals surface area contributed by atoms with Crippen LogP contribution in [0.4, 0.5) is 0 Å². The lowest BCUT2D eigenvalue weighted by molar-refractivity contribution is 0.0697. The van der Waals surface area contributed by atoms with E-state index in [0.717, 1.165) is 29.6 Å². The predicted octanol–water partition coefficient (Wildman–Crippen LogP) is 6.52. The number of carboxylic acids is 1. The zero-order valence-corrected chi connectivity index (χ0v) is 15.6. The Morgan fingerprint density at radius 3 is 2.54 bits per heavy atom. The van der Waals surface area contributed by atoms with Crippen molar-refractivity contribution in [2.24, 2.45) is 5.41 Å². The summed E-state index contributed by atoms with van der Waals surface area (Å²) in [6.07, 6.45) is 5.24. The number of halogens is 1. The third kappa shape index (κ3) is 3.49. The number of allylic oxidation sites excluding steroid dienone is 5. The summed E-state index contributed by atoms with van der Waals surface area (Å²) in [7, 11) is 0. The summed E-state index contributed by atoms with van der Waals surface area (Å²) in [6, 6.07) is 4.96. The van der Waals surface area contributed by atoms with Gasteiger partial charge in [-0.2, -0.15) is 0 Å². The van der Waals surface area contributed by atoms with Crippen LogP contribution in [0.3, 0.4) is 0 Å². The van der Waals surface area contributed by atoms with Gasteiger partial charge in [-0.25, -0.2) is 4.79 Å². The van der Waals surface area contributed by atoms with E-state index in [1.165, 1.54) is 23.6 Å². The molecule has 3 heteroatoms. The molecule has 0 radical (unpaired) electrons. The Hall–Kier alpha value is -1.80. The molecule has 0 spiro atoms. The van der Waals surface area contributed by atoms with E-state index >= 15 is 0 Å². The molecule has 2 nitrogen and oxygen atoms in total. The lowest BCUT2D eigenvalue weighted by atomic mass is 9.68. The summed E-state index contributed by atoms with van der Waals surface area (Å²) in [5.74, 6) is -0.970. The first kappa shape index (κ1) is 18.5. The summed E-state index contributed by atoms with van der Waals surface area (Å²) in [5, 5.41) is 9.64. The molecule has 1 aromatic carbocycles. The number of carbonyl (C=O) groups is 1. The number of hydrogen-bond acceptors (Lipinski definition) is 1. The second-order valence-corrected chi connectivity index (χ2v) is 7.56. The number of rotatable bonds is 4. The molecule has 0 fully saturated rings. The van der Waals surface area contributed by atoms with Crippen molar-refractivity contribution in [1.29, 1.82) is 0 Å². The van der Waals surface area contributed by atoms with Crippen LogP contribution in [0.5, 0.6) is 0 Å². The molecule has 24 heavy (non-hydrogen) atoms. The molecule has 0 atom stereocenters. The van der Waals surface area contributed by atoms with Gasteiger partial charge in [-0.1, -0.05) is 49.7 Å². The SMILES string of the molecule is C=C/C(C)=C(\C1=C(C)CCCC1(C)C)c1ccc(C(=O)O)cc1Cl. The first-order chi connectivity index (χ1) is 11.2. The predicted molar refractivity (Wildman–Crippen MR) is 102 cm³/mol. The molecule has 0 aromatic heterocycles. The first-order valence-electron chi connectivity index (χ1n) is 8.26. The highest BCUT2D eigenvalue weighted by Gasteiger charge is 2.32. The van der Waals surface area contributed by atoms with Crippen molar-refractivity contribution >= 4 is 23.1 Å². The van der Waals surface area contributed by atoms with Gasteiger partial charge in [-0.3, -0.25) is 0 Å². The van der Waals surface area contributed by atoms with Gasteiger partial charge in [0.15, 0.2) is 0 Å². The zero-order chi connectivity index (χ0) is 18.1. The summed E-state index contributed by atoms with van der Waals surface area (Å²) < 4.78 is 0. The van der Waals surface area contributed by atoms with E-state index in [0.29, 0.717) is 5.02 Å². The topological polar surface area (TPSA) is 37.3 Å². The molecule has 0 saturated carbocycles. The Morgan fingerprint density at radius 2 is 2.04 bits per heavy atom. The van der Waals surface area contributed by atoms with Gasteiger partial charge in [-0.05, 0) is 67.4 Å². The largest absolute Gasteiger partial charge is 0.478 e. The number of carboxylic acid groups (broad SMARTS) is 1. The van der Waals surface area contributed by atoms with Crippen molar-refractivity contribution in [1.82, 2.24) is 0 Å². The fraction of sp³-hybridized carbons (Fsp3) is 0.381. The van der Waals surface area contributed by atoms with E-state index in [4.69, 9.17) is 11.6 Å². The Kier molecular flexibility index (Phi) is 5.39. The molecule has 0 unspecified atom stereocenters. The molecule has 1 N–H and O–H groups in total. The van der Waals surface area contributed by atoms with Gasteiger partial charge >= 0.3 is 5.97 Å². The number of aromatic carboxylic acids is 1. The molecule has 0 saturated heterocycles. The average molecular weight is 345 g/mol. The van der Waals surface area contributed by atoms with Gasteiger partial charge < -0.3 is 5.11 Å². The second kappa shape index (κ2) is 6.98. The van der Waals surface area contributed by atoms with E-state index in [2.05, 4.69) is 27.4 Å². The van der Waals surface area contributed by atoms with E-state index in [9.17, 15) is 9.90 Å². The van der Waals surface area contributed by atoms with Crippen LogP contribution in [0, 0.1) is 5.41 Å². The van der Waals surface area contributed by atoms with Crippen LogP contribution < -0.4 is 0 Å². The maximum absolute atomic E-state index is 11.2. The Balaban J connectivity index is 2.73. The summed E-state index contributed by atoms with van der Waals surface area (Å²) in [4.78, 5) is 11.2. The van der Waals surface area contributed by atoms with Gasteiger partial charge in [0.05, 0.1) is 5.56 Å². The van der Waals surface area contributed by atoms with Crippen molar-refractivity contribution in [3.63, 3.8) is 0 Å². The van der Waals surface area contributed by atoms with E-state index in [-0.39, 0.29) is 11.0 Å². The minimum atomic E-state index is -0.970. The number of hydrogen-bond donors (Lipinski definition) is 1. The summed E-state index contributed by atoms with van der Waals surface area (Å²) in [6.45, 7) is 12.7. The maximum Gasteiger partial charge on any atom is 0.335 e. The third-order valence-electron chi connectivity index (χ3n) is 4.89. The van der Waals surface area contributed by atoms with E-state index in [1.54, 1.807) is 6.07 Å². The van der Waals surface area contributed by atoms with Crippen LogP contribution in [0.1, 0.15) is 62.9 Å². The molecule has 0 aliphatic heterocycles.